The second-order valence-electron chi connectivity index (χ2n) is 4.45. The molecule has 22 heavy (non-hydrogen) atoms. The number of nitrogens with one attached hydrogen (secondary N) is 3. The highest BCUT2D eigenvalue weighted by atomic mass is 32.2. The Hall–Kier alpha value is -1.45. The maximum absolute atomic E-state index is 11.8. The van der Waals surface area contributed by atoms with E-state index in [4.69, 9.17) is 0 Å². The molecule has 1 aromatic rings. The summed E-state index contributed by atoms with van der Waals surface area (Å²) in [6.45, 7) is 1.42. The van der Waals surface area contributed by atoms with Gasteiger partial charge in [0, 0.05) is 22.6 Å². The standard InChI is InChI=1S/C13H19N3O4S2/c1-8-10(12(19)16-13(20)14-8)3-4-11(18)15-9(5-17)6-22-7-21-2/h3-4,9,17H,5-7H2,1-2H3,(H,15,18)(H2,14,16,19,20)/b4-3-/t9-/m0/s1. The molecule has 0 aliphatic carbocycles. The first kappa shape index (κ1) is 18.6. The lowest BCUT2D eigenvalue weighted by Gasteiger charge is -2.14. The molecule has 0 unspecified atom stereocenters. The molecule has 0 aromatic carbocycles. The second kappa shape index (κ2) is 9.54. The molecule has 1 heterocycles. The number of H-pyrrole nitrogens is 2. The first-order chi connectivity index (χ1) is 10.5. The van der Waals surface area contributed by atoms with Gasteiger partial charge in [0.25, 0.3) is 5.56 Å². The molecule has 122 valence electrons. The van der Waals surface area contributed by atoms with Crippen molar-refractivity contribution in [2.45, 2.75) is 13.0 Å². The highest BCUT2D eigenvalue weighted by Crippen LogP contribution is 2.09. The number of hydrogen-bond acceptors (Lipinski definition) is 6. The summed E-state index contributed by atoms with van der Waals surface area (Å²) in [6.07, 6.45) is 4.52. The van der Waals surface area contributed by atoms with Crippen LogP contribution in [0.5, 0.6) is 0 Å². The number of hydrogen-bond donors (Lipinski definition) is 4. The van der Waals surface area contributed by atoms with Gasteiger partial charge >= 0.3 is 5.69 Å². The maximum atomic E-state index is 11.8. The van der Waals surface area contributed by atoms with Crippen LogP contribution in [-0.4, -0.2) is 50.7 Å². The Morgan fingerprint density at radius 2 is 2.14 bits per heavy atom. The fourth-order valence-corrected chi connectivity index (χ4v) is 3.16. The van der Waals surface area contributed by atoms with Crippen molar-refractivity contribution in [1.29, 1.82) is 0 Å². The second-order valence-corrected chi connectivity index (χ2v) is 6.71. The van der Waals surface area contributed by atoms with Gasteiger partial charge in [0.1, 0.15) is 0 Å². The summed E-state index contributed by atoms with van der Waals surface area (Å²) in [4.78, 5) is 39.0. The van der Waals surface area contributed by atoms with Crippen molar-refractivity contribution in [2.75, 3.05) is 23.7 Å². The Morgan fingerprint density at radius 3 is 2.73 bits per heavy atom. The number of carbonyl (C=O) groups excluding carboxylic acids is 1. The Bertz CT molecular complexity index is 639. The van der Waals surface area contributed by atoms with E-state index in [2.05, 4.69) is 15.3 Å². The summed E-state index contributed by atoms with van der Waals surface area (Å²) in [7, 11) is 0. The Labute approximate surface area is 136 Å². The molecule has 1 amide bonds. The van der Waals surface area contributed by atoms with Crippen LogP contribution < -0.4 is 16.6 Å². The zero-order valence-electron chi connectivity index (χ0n) is 12.3. The number of aromatic nitrogens is 2. The van der Waals surface area contributed by atoms with Gasteiger partial charge in [-0.1, -0.05) is 0 Å². The lowest BCUT2D eigenvalue weighted by molar-refractivity contribution is -0.117. The summed E-state index contributed by atoms with van der Waals surface area (Å²) in [5, 5.41) is 12.8. The van der Waals surface area contributed by atoms with E-state index in [1.54, 1.807) is 30.4 Å². The number of aliphatic hydroxyl groups excluding tert-OH is 1. The monoisotopic (exact) mass is 345 g/mol. The zero-order chi connectivity index (χ0) is 16.5. The van der Waals surface area contributed by atoms with Crippen LogP contribution in [-0.2, 0) is 4.79 Å². The quantitative estimate of drug-likeness (QED) is 0.297. The summed E-state index contributed by atoms with van der Waals surface area (Å²) in [5.41, 5.74) is -0.547. The average molecular weight is 345 g/mol. The lowest BCUT2D eigenvalue weighted by atomic mass is 10.2. The van der Waals surface area contributed by atoms with E-state index >= 15 is 0 Å². The fourth-order valence-electron chi connectivity index (χ4n) is 1.63. The minimum absolute atomic E-state index is 0.154. The molecule has 0 aliphatic rings. The smallest absolute Gasteiger partial charge is 0.325 e. The van der Waals surface area contributed by atoms with Crippen molar-refractivity contribution in [3.8, 4) is 0 Å². The normalized spacial score (nSPS) is 12.5. The van der Waals surface area contributed by atoms with E-state index in [1.807, 2.05) is 6.26 Å². The minimum Gasteiger partial charge on any atom is -0.394 e. The lowest BCUT2D eigenvalue weighted by Crippen LogP contribution is -2.38. The highest BCUT2D eigenvalue weighted by Gasteiger charge is 2.10. The van der Waals surface area contributed by atoms with Gasteiger partial charge < -0.3 is 15.4 Å². The molecule has 9 heteroatoms. The Kier molecular flexibility index (Phi) is 8.07. The molecule has 0 saturated heterocycles. The first-order valence-electron chi connectivity index (χ1n) is 6.47. The summed E-state index contributed by atoms with van der Waals surface area (Å²) < 4.78 is 0. The number of aliphatic hydroxyl groups is 1. The van der Waals surface area contributed by atoms with E-state index in [0.717, 1.165) is 5.08 Å². The van der Waals surface area contributed by atoms with Crippen molar-refractivity contribution in [2.24, 2.45) is 0 Å². The van der Waals surface area contributed by atoms with Crippen LogP contribution in [0.3, 0.4) is 0 Å². The summed E-state index contributed by atoms with van der Waals surface area (Å²) in [6, 6.07) is -0.343. The maximum Gasteiger partial charge on any atom is 0.325 e. The van der Waals surface area contributed by atoms with Crippen LogP contribution in [0.2, 0.25) is 0 Å². The Balaban J connectivity index is 2.68. The molecule has 4 N–H and O–H groups in total. The molecular weight excluding hydrogens is 326 g/mol. The third kappa shape index (κ3) is 6.12. The molecule has 0 spiro atoms. The van der Waals surface area contributed by atoms with Gasteiger partial charge in [0.15, 0.2) is 0 Å². The largest absolute Gasteiger partial charge is 0.394 e. The van der Waals surface area contributed by atoms with Crippen LogP contribution >= 0.6 is 23.5 Å². The summed E-state index contributed by atoms with van der Waals surface area (Å²) >= 11 is 3.29. The number of amides is 1. The minimum atomic E-state index is -0.588. The number of thioether (sulfide) groups is 2. The SMILES string of the molecule is CSCSC[C@H](CO)NC(=O)/C=C\c1c(C)[nH]c(=O)[nH]c1=O. The number of aryl methyl sites for hydroxylation is 1. The van der Waals surface area contributed by atoms with Crippen LogP contribution in [0.15, 0.2) is 15.7 Å². The molecule has 0 fully saturated rings. The molecule has 1 aromatic heterocycles. The predicted octanol–water partition coefficient (Wildman–Crippen LogP) is -0.0844. The van der Waals surface area contributed by atoms with Gasteiger partial charge in [-0.15, -0.1) is 11.8 Å². The number of aromatic amines is 2. The van der Waals surface area contributed by atoms with E-state index in [1.165, 1.54) is 12.2 Å². The topological polar surface area (TPSA) is 115 Å². The highest BCUT2D eigenvalue weighted by molar-refractivity contribution is 8.15. The van der Waals surface area contributed by atoms with Gasteiger partial charge in [-0.2, -0.15) is 11.8 Å². The van der Waals surface area contributed by atoms with Crippen LogP contribution in [0.1, 0.15) is 11.3 Å². The van der Waals surface area contributed by atoms with Gasteiger partial charge in [-0.3, -0.25) is 14.6 Å². The molecular formula is C13H19N3O4S2. The average Bonchev–Trinajstić information content (AvgIpc) is 2.45. The van der Waals surface area contributed by atoms with Crippen LogP contribution in [0.4, 0.5) is 0 Å². The van der Waals surface area contributed by atoms with Gasteiger partial charge in [-0.05, 0) is 19.3 Å². The van der Waals surface area contributed by atoms with Crippen molar-refractivity contribution < 1.29 is 9.90 Å². The molecule has 1 atom stereocenters. The molecule has 0 bridgehead atoms. The fraction of sp³-hybridized carbons (Fsp3) is 0.462. The van der Waals surface area contributed by atoms with E-state index in [9.17, 15) is 19.5 Å². The summed E-state index contributed by atoms with van der Waals surface area (Å²) in [5.74, 6) is 0.198. The van der Waals surface area contributed by atoms with E-state index in [-0.39, 0.29) is 18.2 Å². The third-order valence-corrected chi connectivity index (χ3v) is 4.91. The van der Waals surface area contributed by atoms with Gasteiger partial charge in [0.2, 0.25) is 5.91 Å². The zero-order valence-corrected chi connectivity index (χ0v) is 14.0. The van der Waals surface area contributed by atoms with E-state index < -0.39 is 17.2 Å². The van der Waals surface area contributed by atoms with Crippen LogP contribution in [0.25, 0.3) is 6.08 Å². The molecule has 0 radical (unpaired) electrons. The first-order valence-corrected chi connectivity index (χ1v) is 9.02. The molecule has 1 rings (SSSR count). The van der Waals surface area contributed by atoms with Crippen LogP contribution in [0, 0.1) is 6.92 Å². The molecule has 0 saturated carbocycles. The third-order valence-electron chi connectivity index (χ3n) is 2.67. The number of rotatable bonds is 8. The van der Waals surface area contributed by atoms with Gasteiger partial charge in [0.05, 0.1) is 18.2 Å². The van der Waals surface area contributed by atoms with Crippen molar-refractivity contribution >= 4 is 35.5 Å². The van der Waals surface area contributed by atoms with Crippen molar-refractivity contribution in [3.05, 3.63) is 38.2 Å². The predicted molar refractivity (Wildman–Crippen MR) is 91.3 cm³/mol. The van der Waals surface area contributed by atoms with E-state index in [0.29, 0.717) is 11.4 Å². The Morgan fingerprint density at radius 1 is 1.41 bits per heavy atom. The van der Waals surface area contributed by atoms with Gasteiger partial charge in [-0.25, -0.2) is 4.79 Å². The van der Waals surface area contributed by atoms with Crippen molar-refractivity contribution in [3.63, 3.8) is 0 Å². The van der Waals surface area contributed by atoms with Crippen molar-refractivity contribution in [1.82, 2.24) is 15.3 Å². The molecule has 0 aliphatic heterocycles. The number of carbonyl (C=O) groups is 1. The molecule has 7 nitrogen and oxygen atoms in total.